The number of carboxylic acids is 1. The molecule has 4 heteroatoms. The summed E-state index contributed by atoms with van der Waals surface area (Å²) in [5, 5.41) is 16.0. The van der Waals surface area contributed by atoms with Crippen LogP contribution in [-0.2, 0) is 9.59 Å². The molecule has 0 rings (SSSR count). The van der Waals surface area contributed by atoms with Crippen LogP contribution in [0.1, 0.15) is 27.2 Å². The predicted octanol–water partition coefficient (Wildman–Crippen LogP) is 0.995. The van der Waals surface area contributed by atoms with Gasteiger partial charge in [-0.05, 0) is 20.8 Å². The van der Waals surface area contributed by atoms with Crippen LogP contribution in [0.15, 0.2) is 11.6 Å². The standard InChI is InChI=1S/C5H10O.C4H6O3/c1-5(2)3-4-6;1-3(5)2-4(6)7/h3,6H,4H2,1-2H3;2H2,1H3,(H,6,7). The SMILES string of the molecule is CC(=O)CC(=O)O.CC(C)=CCO. The van der Waals surface area contributed by atoms with Crippen LogP contribution in [0.25, 0.3) is 0 Å². The highest BCUT2D eigenvalue weighted by atomic mass is 16.4. The highest BCUT2D eigenvalue weighted by molar-refractivity contribution is 5.93. The quantitative estimate of drug-likeness (QED) is 0.511. The fourth-order valence-corrected chi connectivity index (χ4v) is 0.396. The van der Waals surface area contributed by atoms with E-state index in [0.29, 0.717) is 0 Å². The van der Waals surface area contributed by atoms with Crippen molar-refractivity contribution >= 4 is 11.8 Å². The topological polar surface area (TPSA) is 74.6 Å². The molecule has 0 heterocycles. The first-order valence-electron chi connectivity index (χ1n) is 3.85. The van der Waals surface area contributed by atoms with E-state index in [1.807, 2.05) is 13.8 Å². The van der Waals surface area contributed by atoms with Gasteiger partial charge in [-0.1, -0.05) is 11.6 Å². The molecule has 4 nitrogen and oxygen atoms in total. The van der Waals surface area contributed by atoms with Crippen molar-refractivity contribution in [1.29, 1.82) is 0 Å². The maximum Gasteiger partial charge on any atom is 0.310 e. The van der Waals surface area contributed by atoms with Crippen molar-refractivity contribution < 1.29 is 19.8 Å². The lowest BCUT2D eigenvalue weighted by Gasteiger charge is -1.80. The van der Waals surface area contributed by atoms with Crippen molar-refractivity contribution in [2.45, 2.75) is 27.2 Å². The van der Waals surface area contributed by atoms with Gasteiger partial charge in [-0.15, -0.1) is 0 Å². The van der Waals surface area contributed by atoms with Gasteiger partial charge in [0.15, 0.2) is 0 Å². The van der Waals surface area contributed by atoms with Gasteiger partial charge < -0.3 is 10.2 Å². The lowest BCUT2D eigenvalue weighted by molar-refractivity contribution is -0.139. The predicted molar refractivity (Wildman–Crippen MR) is 49.5 cm³/mol. The number of Topliss-reactive ketones (excluding diaryl/α,β-unsaturated/α-hetero) is 1. The molecule has 0 amide bonds. The van der Waals surface area contributed by atoms with Crippen LogP contribution in [0.2, 0.25) is 0 Å². The number of aliphatic carboxylic acids is 1. The first-order valence-corrected chi connectivity index (χ1v) is 3.85. The fraction of sp³-hybridized carbons (Fsp3) is 0.556. The summed E-state index contributed by atoms with van der Waals surface area (Å²) in [5.41, 5.74) is 1.16. The minimum absolute atomic E-state index is 0.169. The van der Waals surface area contributed by atoms with Crippen LogP contribution in [0.3, 0.4) is 0 Å². The highest BCUT2D eigenvalue weighted by Gasteiger charge is 1.98. The maximum absolute atomic E-state index is 9.87. The molecular weight excluding hydrogens is 172 g/mol. The molecule has 0 radical (unpaired) electrons. The van der Waals surface area contributed by atoms with Crippen molar-refractivity contribution in [3.8, 4) is 0 Å². The van der Waals surface area contributed by atoms with E-state index in [0.717, 1.165) is 5.57 Å². The number of carbonyl (C=O) groups is 2. The van der Waals surface area contributed by atoms with Crippen LogP contribution in [0, 0.1) is 0 Å². The zero-order chi connectivity index (χ0) is 10.9. The molecule has 0 bridgehead atoms. The third-order valence-corrected chi connectivity index (χ3v) is 0.900. The first-order chi connectivity index (χ1) is 5.90. The summed E-state index contributed by atoms with van der Waals surface area (Å²) in [5.74, 6) is -1.37. The Morgan fingerprint density at radius 2 is 1.69 bits per heavy atom. The second-order valence-electron chi connectivity index (χ2n) is 2.74. The van der Waals surface area contributed by atoms with E-state index in [2.05, 4.69) is 0 Å². The molecule has 0 aliphatic heterocycles. The molecule has 0 spiro atoms. The number of ketones is 1. The molecule has 0 aromatic carbocycles. The average Bonchev–Trinajstić information content (AvgIpc) is 1.83. The van der Waals surface area contributed by atoms with E-state index < -0.39 is 5.97 Å². The second kappa shape index (κ2) is 8.93. The number of hydrogen-bond acceptors (Lipinski definition) is 3. The van der Waals surface area contributed by atoms with Gasteiger partial charge in [0.05, 0.1) is 6.61 Å². The normalized spacial score (nSPS) is 8.00. The summed E-state index contributed by atoms with van der Waals surface area (Å²) in [6, 6.07) is 0. The molecular formula is C9H16O4. The lowest BCUT2D eigenvalue weighted by atomic mass is 10.3. The van der Waals surface area contributed by atoms with Gasteiger partial charge in [0.25, 0.3) is 0 Å². The van der Waals surface area contributed by atoms with Crippen molar-refractivity contribution in [3.63, 3.8) is 0 Å². The second-order valence-corrected chi connectivity index (χ2v) is 2.74. The molecule has 0 aliphatic carbocycles. The summed E-state index contributed by atoms with van der Waals surface area (Å²) in [6.45, 7) is 5.32. The number of aliphatic hydroxyl groups is 1. The third kappa shape index (κ3) is 24.8. The first kappa shape index (κ1) is 14.4. The molecule has 0 saturated heterocycles. The monoisotopic (exact) mass is 188 g/mol. The molecule has 0 saturated carbocycles. The van der Waals surface area contributed by atoms with Gasteiger partial charge in [-0.3, -0.25) is 9.59 Å². The van der Waals surface area contributed by atoms with Gasteiger partial charge in [0, 0.05) is 0 Å². The highest BCUT2D eigenvalue weighted by Crippen LogP contribution is 1.83. The van der Waals surface area contributed by atoms with Crippen molar-refractivity contribution in [2.75, 3.05) is 6.61 Å². The lowest BCUT2D eigenvalue weighted by Crippen LogP contribution is -2.00. The zero-order valence-corrected chi connectivity index (χ0v) is 8.20. The Morgan fingerprint density at radius 1 is 1.23 bits per heavy atom. The van der Waals surface area contributed by atoms with Gasteiger partial charge >= 0.3 is 5.97 Å². The molecule has 13 heavy (non-hydrogen) atoms. The molecule has 0 aliphatic rings. The largest absolute Gasteiger partial charge is 0.481 e. The molecule has 0 aromatic heterocycles. The van der Waals surface area contributed by atoms with Crippen LogP contribution in [0.5, 0.6) is 0 Å². The van der Waals surface area contributed by atoms with Crippen molar-refractivity contribution in [1.82, 2.24) is 0 Å². The number of hydrogen-bond donors (Lipinski definition) is 2. The van der Waals surface area contributed by atoms with Gasteiger partial charge in [0.2, 0.25) is 0 Å². The Hall–Kier alpha value is -1.16. The number of rotatable bonds is 3. The van der Waals surface area contributed by atoms with Crippen LogP contribution in [-0.4, -0.2) is 28.6 Å². The van der Waals surface area contributed by atoms with E-state index in [1.54, 1.807) is 6.08 Å². The van der Waals surface area contributed by atoms with Gasteiger partial charge in [-0.2, -0.15) is 0 Å². The van der Waals surface area contributed by atoms with E-state index in [1.165, 1.54) is 6.92 Å². The molecule has 0 fully saturated rings. The van der Waals surface area contributed by atoms with Crippen LogP contribution in [0.4, 0.5) is 0 Å². The Bertz CT molecular complexity index is 178. The summed E-state index contributed by atoms with van der Waals surface area (Å²) < 4.78 is 0. The van der Waals surface area contributed by atoms with E-state index in [9.17, 15) is 9.59 Å². The van der Waals surface area contributed by atoms with Crippen molar-refractivity contribution in [3.05, 3.63) is 11.6 Å². The van der Waals surface area contributed by atoms with E-state index in [-0.39, 0.29) is 18.8 Å². The molecule has 0 atom stereocenters. The Morgan fingerprint density at radius 3 is 1.69 bits per heavy atom. The summed E-state index contributed by atoms with van der Waals surface area (Å²) in [4.78, 5) is 19.5. The number of carboxylic acid groups (broad SMARTS) is 1. The average molecular weight is 188 g/mol. The third-order valence-electron chi connectivity index (χ3n) is 0.900. The zero-order valence-electron chi connectivity index (χ0n) is 8.20. The molecule has 0 aromatic rings. The number of aliphatic hydroxyl groups excluding tert-OH is 1. The fourth-order valence-electron chi connectivity index (χ4n) is 0.396. The Kier molecular flexibility index (Phi) is 9.87. The Labute approximate surface area is 77.9 Å². The van der Waals surface area contributed by atoms with Crippen molar-refractivity contribution in [2.24, 2.45) is 0 Å². The van der Waals surface area contributed by atoms with Crippen LogP contribution < -0.4 is 0 Å². The molecule has 76 valence electrons. The Balaban J connectivity index is 0. The smallest absolute Gasteiger partial charge is 0.310 e. The minimum Gasteiger partial charge on any atom is -0.481 e. The summed E-state index contributed by atoms with van der Waals surface area (Å²) in [6.07, 6.45) is 1.40. The van der Waals surface area contributed by atoms with E-state index in [4.69, 9.17) is 10.2 Å². The molecule has 0 unspecified atom stereocenters. The van der Waals surface area contributed by atoms with Gasteiger partial charge in [0.1, 0.15) is 12.2 Å². The van der Waals surface area contributed by atoms with Gasteiger partial charge in [-0.25, -0.2) is 0 Å². The molecule has 2 N–H and O–H groups in total. The minimum atomic E-state index is -1.06. The summed E-state index contributed by atoms with van der Waals surface area (Å²) >= 11 is 0. The van der Waals surface area contributed by atoms with Crippen LogP contribution >= 0.6 is 0 Å². The summed E-state index contributed by atoms with van der Waals surface area (Å²) in [7, 11) is 0. The van der Waals surface area contributed by atoms with E-state index >= 15 is 0 Å². The number of allylic oxidation sites excluding steroid dienone is 1. The number of carbonyl (C=O) groups excluding carboxylic acids is 1. The maximum atomic E-state index is 9.87.